The van der Waals surface area contributed by atoms with Gasteiger partial charge in [0.15, 0.2) is 11.6 Å². The van der Waals surface area contributed by atoms with E-state index in [2.05, 4.69) is 0 Å². The van der Waals surface area contributed by atoms with Crippen molar-refractivity contribution in [3.8, 4) is 0 Å². The number of halogens is 3. The number of nitrogens with two attached hydrogens (primary N) is 1. The lowest BCUT2D eigenvalue weighted by Crippen LogP contribution is -2.27. The van der Waals surface area contributed by atoms with Crippen molar-refractivity contribution in [1.29, 1.82) is 0 Å². The number of amides is 1. The highest BCUT2D eigenvalue weighted by molar-refractivity contribution is 6.24. The third kappa shape index (κ3) is 1.71. The van der Waals surface area contributed by atoms with Crippen LogP contribution in [0.3, 0.4) is 0 Å². The smallest absolute Gasteiger partial charge is 0.228 e. The molecular formula is C10H9ClF2N2O. The highest BCUT2D eigenvalue weighted by Gasteiger charge is 2.32. The van der Waals surface area contributed by atoms with Crippen LogP contribution in [-0.2, 0) is 4.79 Å². The van der Waals surface area contributed by atoms with E-state index < -0.39 is 17.0 Å². The number of hydrogen-bond acceptors (Lipinski definition) is 2. The summed E-state index contributed by atoms with van der Waals surface area (Å²) in [6.07, 6.45) is 0.108. The maximum Gasteiger partial charge on any atom is 0.228 e. The Balaban J connectivity index is 2.48. The Bertz CT molecular complexity index is 453. The molecule has 2 rings (SSSR count). The first-order chi connectivity index (χ1) is 7.50. The predicted octanol–water partition coefficient (Wildman–Crippen LogP) is 1.89. The van der Waals surface area contributed by atoms with Crippen LogP contribution in [0.15, 0.2) is 12.1 Å². The van der Waals surface area contributed by atoms with Crippen LogP contribution in [-0.4, -0.2) is 17.8 Å². The zero-order valence-electron chi connectivity index (χ0n) is 8.21. The first-order valence-corrected chi connectivity index (χ1v) is 5.12. The summed E-state index contributed by atoms with van der Waals surface area (Å²) < 4.78 is 26.6. The molecule has 6 heteroatoms. The standard InChI is InChI=1S/C10H9ClF2N2O/c11-5-3-8(16)15(4-5)10-7(14)2-1-6(12)9(10)13/h1-2,5H,3-4,14H2. The van der Waals surface area contributed by atoms with E-state index >= 15 is 0 Å². The second-order valence-electron chi connectivity index (χ2n) is 3.60. The van der Waals surface area contributed by atoms with E-state index in [0.29, 0.717) is 0 Å². The Morgan fingerprint density at radius 3 is 2.69 bits per heavy atom. The van der Waals surface area contributed by atoms with E-state index in [1.807, 2.05) is 0 Å². The zero-order valence-corrected chi connectivity index (χ0v) is 8.97. The molecule has 1 heterocycles. The summed E-state index contributed by atoms with van der Waals surface area (Å²) in [6.45, 7) is 0.144. The van der Waals surface area contributed by atoms with Gasteiger partial charge in [0.1, 0.15) is 5.69 Å². The molecule has 1 aromatic carbocycles. The summed E-state index contributed by atoms with van der Waals surface area (Å²) in [6, 6.07) is 2.15. The largest absolute Gasteiger partial charge is 0.397 e. The molecule has 1 unspecified atom stereocenters. The van der Waals surface area contributed by atoms with E-state index in [4.69, 9.17) is 17.3 Å². The Labute approximate surface area is 95.8 Å². The zero-order chi connectivity index (χ0) is 11.9. The first-order valence-electron chi connectivity index (χ1n) is 4.68. The molecule has 86 valence electrons. The molecule has 1 aromatic rings. The van der Waals surface area contributed by atoms with Crippen molar-refractivity contribution in [2.24, 2.45) is 0 Å². The van der Waals surface area contributed by atoms with E-state index in [1.165, 1.54) is 6.07 Å². The summed E-state index contributed by atoms with van der Waals surface area (Å²) in [5.41, 5.74) is 5.35. The molecule has 1 aliphatic rings. The molecular weight excluding hydrogens is 238 g/mol. The molecule has 0 bridgehead atoms. The summed E-state index contributed by atoms with van der Waals surface area (Å²) in [7, 11) is 0. The lowest BCUT2D eigenvalue weighted by Gasteiger charge is -2.18. The monoisotopic (exact) mass is 246 g/mol. The number of nitrogen functional groups attached to an aromatic ring is 1. The molecule has 0 aromatic heterocycles. The minimum atomic E-state index is -1.11. The van der Waals surface area contributed by atoms with Crippen LogP contribution in [0.5, 0.6) is 0 Å². The molecule has 1 saturated heterocycles. The molecule has 2 N–H and O–H groups in total. The number of carbonyl (C=O) groups excluding carboxylic acids is 1. The quantitative estimate of drug-likeness (QED) is 0.608. The van der Waals surface area contributed by atoms with Crippen molar-refractivity contribution in [2.75, 3.05) is 17.2 Å². The fourth-order valence-electron chi connectivity index (χ4n) is 1.71. The predicted molar refractivity (Wildman–Crippen MR) is 57.4 cm³/mol. The van der Waals surface area contributed by atoms with E-state index in [-0.39, 0.29) is 30.2 Å². The Morgan fingerprint density at radius 2 is 2.12 bits per heavy atom. The Morgan fingerprint density at radius 1 is 1.44 bits per heavy atom. The first kappa shape index (κ1) is 11.1. The maximum absolute atomic E-state index is 13.5. The van der Waals surface area contributed by atoms with Crippen molar-refractivity contribution in [3.05, 3.63) is 23.8 Å². The summed E-state index contributed by atoms with van der Waals surface area (Å²) in [5, 5.41) is -0.394. The van der Waals surface area contributed by atoms with Gasteiger partial charge in [-0.3, -0.25) is 4.79 Å². The molecule has 16 heavy (non-hydrogen) atoms. The van der Waals surface area contributed by atoms with Gasteiger partial charge >= 0.3 is 0 Å². The third-order valence-corrected chi connectivity index (χ3v) is 2.74. The normalized spacial score (nSPS) is 20.6. The molecule has 0 spiro atoms. The second-order valence-corrected chi connectivity index (χ2v) is 4.22. The lowest BCUT2D eigenvalue weighted by molar-refractivity contribution is -0.117. The lowest BCUT2D eigenvalue weighted by atomic mass is 10.2. The van der Waals surface area contributed by atoms with Gasteiger partial charge in [0.25, 0.3) is 0 Å². The topological polar surface area (TPSA) is 46.3 Å². The van der Waals surface area contributed by atoms with Crippen LogP contribution in [0.2, 0.25) is 0 Å². The summed E-state index contributed by atoms with van der Waals surface area (Å²) in [4.78, 5) is 12.6. The van der Waals surface area contributed by atoms with Crippen LogP contribution >= 0.6 is 11.6 Å². The fourth-order valence-corrected chi connectivity index (χ4v) is 1.98. The van der Waals surface area contributed by atoms with Crippen LogP contribution in [0.25, 0.3) is 0 Å². The second kappa shape index (κ2) is 3.90. The van der Waals surface area contributed by atoms with E-state index in [9.17, 15) is 13.6 Å². The number of carbonyl (C=O) groups is 1. The minimum Gasteiger partial charge on any atom is -0.397 e. The molecule has 3 nitrogen and oxygen atoms in total. The van der Waals surface area contributed by atoms with Crippen molar-refractivity contribution in [1.82, 2.24) is 0 Å². The number of hydrogen-bond donors (Lipinski definition) is 1. The highest BCUT2D eigenvalue weighted by atomic mass is 35.5. The molecule has 1 atom stereocenters. The van der Waals surface area contributed by atoms with Gasteiger partial charge < -0.3 is 10.6 Å². The van der Waals surface area contributed by atoms with Crippen LogP contribution in [0.4, 0.5) is 20.2 Å². The number of anilines is 2. The van der Waals surface area contributed by atoms with Crippen molar-refractivity contribution in [2.45, 2.75) is 11.8 Å². The Kier molecular flexibility index (Phi) is 2.71. The van der Waals surface area contributed by atoms with Gasteiger partial charge in [-0.25, -0.2) is 8.78 Å². The van der Waals surface area contributed by atoms with E-state index in [0.717, 1.165) is 11.0 Å². The average Bonchev–Trinajstić information content (AvgIpc) is 2.53. The van der Waals surface area contributed by atoms with Crippen LogP contribution < -0.4 is 10.6 Å². The number of nitrogens with zero attached hydrogens (tertiary/aromatic N) is 1. The third-order valence-electron chi connectivity index (χ3n) is 2.45. The van der Waals surface area contributed by atoms with Gasteiger partial charge in [0.05, 0.1) is 11.1 Å². The van der Waals surface area contributed by atoms with Gasteiger partial charge in [0.2, 0.25) is 5.91 Å². The summed E-state index contributed by atoms with van der Waals surface area (Å²) in [5.74, 6) is -2.50. The van der Waals surface area contributed by atoms with Crippen molar-refractivity contribution < 1.29 is 13.6 Å². The molecule has 0 aliphatic carbocycles. The van der Waals surface area contributed by atoms with Gasteiger partial charge in [-0.05, 0) is 12.1 Å². The number of rotatable bonds is 1. The van der Waals surface area contributed by atoms with Crippen LogP contribution in [0.1, 0.15) is 6.42 Å². The molecule has 0 saturated carbocycles. The minimum absolute atomic E-state index is 0.0259. The summed E-state index contributed by atoms with van der Waals surface area (Å²) >= 11 is 5.78. The van der Waals surface area contributed by atoms with E-state index in [1.54, 1.807) is 0 Å². The van der Waals surface area contributed by atoms with Gasteiger partial charge in [-0.2, -0.15) is 0 Å². The highest BCUT2D eigenvalue weighted by Crippen LogP contribution is 2.32. The Hall–Kier alpha value is -1.36. The molecule has 1 amide bonds. The van der Waals surface area contributed by atoms with Gasteiger partial charge in [-0.15, -0.1) is 11.6 Å². The van der Waals surface area contributed by atoms with Gasteiger partial charge in [-0.1, -0.05) is 0 Å². The average molecular weight is 247 g/mol. The number of benzene rings is 1. The molecule has 1 aliphatic heterocycles. The van der Waals surface area contributed by atoms with Crippen molar-refractivity contribution >= 4 is 28.9 Å². The fraction of sp³-hybridized carbons (Fsp3) is 0.300. The van der Waals surface area contributed by atoms with Crippen molar-refractivity contribution in [3.63, 3.8) is 0 Å². The molecule has 0 radical (unpaired) electrons. The number of alkyl halides is 1. The molecule has 1 fully saturated rings. The van der Waals surface area contributed by atoms with Gasteiger partial charge in [0, 0.05) is 13.0 Å². The SMILES string of the molecule is Nc1ccc(F)c(F)c1N1CC(Cl)CC1=O. The maximum atomic E-state index is 13.5. The van der Waals surface area contributed by atoms with Crippen LogP contribution in [0, 0.1) is 11.6 Å².